The third-order valence-corrected chi connectivity index (χ3v) is 11.1. The number of carbonyl (C=O) groups excluding carboxylic acids is 1. The average Bonchev–Trinajstić information content (AvgIpc) is 2.64. The zero-order valence-electron chi connectivity index (χ0n) is 19.0. The standard InChI is InChI=1S/C22H35F3N2O2Si/c1-14-17(20(24)25)27(13-15-11-9-8-10-12-15)18(21(28)26-5)16(23)19(14)29-30(6,7)22(2,3)4/h8-12,14,16-20H,13H2,1-7H3,(H,26,28)/t14-,16-,17+,18+,19+/m1/s1. The normalized spacial score (nSPS) is 28.6. The van der Waals surface area contributed by atoms with Gasteiger partial charge in [0.15, 0.2) is 8.32 Å². The third-order valence-electron chi connectivity index (χ3n) is 6.63. The van der Waals surface area contributed by atoms with E-state index in [0.29, 0.717) is 0 Å². The molecule has 0 radical (unpaired) electrons. The first-order valence-electron chi connectivity index (χ1n) is 10.4. The van der Waals surface area contributed by atoms with Gasteiger partial charge >= 0.3 is 0 Å². The van der Waals surface area contributed by atoms with Crippen LogP contribution in [0.1, 0.15) is 33.3 Å². The minimum atomic E-state index is -2.74. The van der Waals surface area contributed by atoms with Gasteiger partial charge in [-0.1, -0.05) is 58.0 Å². The molecule has 4 nitrogen and oxygen atoms in total. The number of halogens is 3. The summed E-state index contributed by atoms with van der Waals surface area (Å²) in [5.41, 5.74) is 0.750. The monoisotopic (exact) mass is 444 g/mol. The number of likely N-dealkylation sites (N-methyl/N-ethyl adjacent to an activating group) is 1. The van der Waals surface area contributed by atoms with Crippen molar-refractivity contribution in [2.24, 2.45) is 5.92 Å². The lowest BCUT2D eigenvalue weighted by Crippen LogP contribution is -2.69. The fourth-order valence-electron chi connectivity index (χ4n) is 3.84. The van der Waals surface area contributed by atoms with Crippen molar-refractivity contribution in [3.8, 4) is 0 Å². The zero-order valence-corrected chi connectivity index (χ0v) is 20.0. The average molecular weight is 445 g/mol. The van der Waals surface area contributed by atoms with Crippen molar-refractivity contribution in [3.05, 3.63) is 35.9 Å². The summed E-state index contributed by atoms with van der Waals surface area (Å²) in [6.45, 7) is 11.7. The Hall–Kier alpha value is -1.38. The number of nitrogens with zero attached hydrogens (tertiary/aromatic N) is 1. The molecule has 0 bridgehead atoms. The third kappa shape index (κ3) is 5.08. The summed E-state index contributed by atoms with van der Waals surface area (Å²) >= 11 is 0. The number of likely N-dealkylation sites (tertiary alicyclic amines) is 1. The molecule has 0 aliphatic carbocycles. The number of hydrogen-bond donors (Lipinski definition) is 1. The molecule has 5 atom stereocenters. The van der Waals surface area contributed by atoms with E-state index in [4.69, 9.17) is 4.43 Å². The fourth-order valence-corrected chi connectivity index (χ4v) is 5.22. The molecule has 1 fully saturated rings. The van der Waals surface area contributed by atoms with E-state index in [0.717, 1.165) is 5.56 Å². The SMILES string of the molecule is CNC(=O)[C@@H]1[C@@H](F)[C@@H](O[Si](C)(C)C(C)(C)C)[C@H](C)[C@@H](C(F)F)N1Cc1ccccc1. The lowest BCUT2D eigenvalue weighted by molar-refractivity contribution is -0.157. The maximum Gasteiger partial charge on any atom is 0.254 e. The summed E-state index contributed by atoms with van der Waals surface area (Å²) in [4.78, 5) is 14.0. The first-order chi connectivity index (χ1) is 13.8. The van der Waals surface area contributed by atoms with Gasteiger partial charge in [0, 0.05) is 19.5 Å². The van der Waals surface area contributed by atoms with Crippen LogP contribution >= 0.6 is 0 Å². The maximum absolute atomic E-state index is 15.9. The molecule has 1 aromatic carbocycles. The Morgan fingerprint density at radius 3 is 2.27 bits per heavy atom. The Morgan fingerprint density at radius 2 is 1.80 bits per heavy atom. The van der Waals surface area contributed by atoms with Gasteiger partial charge in [-0.05, 0) is 23.7 Å². The quantitative estimate of drug-likeness (QED) is 0.651. The van der Waals surface area contributed by atoms with Crippen molar-refractivity contribution in [1.29, 1.82) is 0 Å². The molecule has 1 saturated heterocycles. The Kier molecular flexibility index (Phi) is 7.80. The summed E-state index contributed by atoms with van der Waals surface area (Å²) in [5, 5.41) is 2.25. The second kappa shape index (κ2) is 9.40. The molecule has 1 amide bonds. The predicted molar refractivity (Wildman–Crippen MR) is 116 cm³/mol. The van der Waals surface area contributed by atoms with Crippen molar-refractivity contribution < 1.29 is 22.4 Å². The topological polar surface area (TPSA) is 41.6 Å². The van der Waals surface area contributed by atoms with Gasteiger partial charge in [0.25, 0.3) is 6.43 Å². The number of hydrogen-bond acceptors (Lipinski definition) is 3. The summed E-state index contributed by atoms with van der Waals surface area (Å²) in [7, 11) is -1.05. The second-order valence-corrected chi connectivity index (χ2v) is 14.4. The van der Waals surface area contributed by atoms with E-state index in [1.165, 1.54) is 11.9 Å². The van der Waals surface area contributed by atoms with Crippen molar-refractivity contribution in [3.63, 3.8) is 0 Å². The molecule has 30 heavy (non-hydrogen) atoms. The molecule has 1 N–H and O–H groups in total. The molecular weight excluding hydrogens is 409 g/mol. The predicted octanol–water partition coefficient (Wildman–Crippen LogP) is 4.62. The maximum atomic E-state index is 15.9. The molecular formula is C22H35F3N2O2Si. The van der Waals surface area contributed by atoms with Gasteiger partial charge in [0.1, 0.15) is 12.2 Å². The number of carbonyl (C=O) groups is 1. The lowest BCUT2D eigenvalue weighted by atomic mass is 9.82. The molecule has 170 valence electrons. The highest BCUT2D eigenvalue weighted by Crippen LogP contribution is 2.43. The van der Waals surface area contributed by atoms with Crippen molar-refractivity contribution in [2.45, 2.75) is 83.2 Å². The smallest absolute Gasteiger partial charge is 0.254 e. The van der Waals surface area contributed by atoms with Crippen LogP contribution in [-0.4, -0.2) is 57.0 Å². The first kappa shape index (κ1) is 24.9. The van der Waals surface area contributed by atoms with Crippen LogP contribution < -0.4 is 5.32 Å². The minimum Gasteiger partial charge on any atom is -0.411 e. The van der Waals surface area contributed by atoms with E-state index in [9.17, 15) is 13.6 Å². The molecule has 2 rings (SSSR count). The molecule has 1 aliphatic heterocycles. The number of benzene rings is 1. The molecule has 0 aromatic heterocycles. The van der Waals surface area contributed by atoms with Crippen molar-refractivity contribution in [1.82, 2.24) is 10.2 Å². The van der Waals surface area contributed by atoms with E-state index < -0.39 is 50.9 Å². The first-order valence-corrected chi connectivity index (χ1v) is 13.3. The highest BCUT2D eigenvalue weighted by molar-refractivity contribution is 6.74. The summed E-state index contributed by atoms with van der Waals surface area (Å²) in [6.07, 6.45) is -5.53. The van der Waals surface area contributed by atoms with Gasteiger partial charge in [0.2, 0.25) is 5.91 Å². The summed E-state index contributed by atoms with van der Waals surface area (Å²) < 4.78 is 50.7. The summed E-state index contributed by atoms with van der Waals surface area (Å²) in [5.74, 6) is -1.39. The molecule has 8 heteroatoms. The Bertz CT molecular complexity index is 712. The van der Waals surface area contributed by atoms with Crippen LogP contribution in [0.4, 0.5) is 13.2 Å². The largest absolute Gasteiger partial charge is 0.411 e. The highest BCUT2D eigenvalue weighted by Gasteiger charge is 2.55. The Morgan fingerprint density at radius 1 is 1.23 bits per heavy atom. The molecule has 0 unspecified atom stereocenters. The highest BCUT2D eigenvalue weighted by atomic mass is 28.4. The second-order valence-electron chi connectivity index (χ2n) is 9.69. The number of nitrogens with one attached hydrogen (secondary N) is 1. The van der Waals surface area contributed by atoms with E-state index in [2.05, 4.69) is 5.32 Å². The van der Waals surface area contributed by atoms with E-state index in [1.54, 1.807) is 31.2 Å². The van der Waals surface area contributed by atoms with Gasteiger partial charge in [-0.15, -0.1) is 0 Å². The minimum absolute atomic E-state index is 0.0610. The zero-order chi connectivity index (χ0) is 22.9. The van der Waals surface area contributed by atoms with Gasteiger partial charge < -0.3 is 9.74 Å². The van der Waals surface area contributed by atoms with Crippen LogP contribution in [0.15, 0.2) is 30.3 Å². The van der Waals surface area contributed by atoms with Gasteiger partial charge in [-0.3, -0.25) is 9.69 Å². The van der Waals surface area contributed by atoms with Gasteiger partial charge in [-0.2, -0.15) is 0 Å². The molecule has 0 saturated carbocycles. The molecule has 0 spiro atoms. The lowest BCUT2D eigenvalue weighted by Gasteiger charge is -2.52. The number of alkyl halides is 3. The van der Waals surface area contributed by atoms with Crippen LogP contribution in [-0.2, 0) is 15.8 Å². The van der Waals surface area contributed by atoms with Crippen LogP contribution in [0, 0.1) is 5.92 Å². The van der Waals surface area contributed by atoms with Crippen LogP contribution in [0.2, 0.25) is 18.1 Å². The number of amides is 1. The van der Waals surface area contributed by atoms with E-state index >= 15 is 4.39 Å². The van der Waals surface area contributed by atoms with Crippen molar-refractivity contribution in [2.75, 3.05) is 7.05 Å². The summed E-state index contributed by atoms with van der Waals surface area (Å²) in [6, 6.07) is 6.36. The van der Waals surface area contributed by atoms with Crippen LogP contribution in [0.25, 0.3) is 0 Å². The fraction of sp³-hybridized carbons (Fsp3) is 0.682. The Labute approximate surface area is 179 Å². The molecule has 1 aliphatic rings. The number of rotatable bonds is 6. The van der Waals surface area contributed by atoms with Crippen LogP contribution in [0.5, 0.6) is 0 Å². The van der Waals surface area contributed by atoms with Gasteiger partial charge in [0.05, 0.1) is 12.1 Å². The van der Waals surface area contributed by atoms with E-state index in [-0.39, 0.29) is 11.6 Å². The Balaban J connectivity index is 2.48. The van der Waals surface area contributed by atoms with Gasteiger partial charge in [-0.25, -0.2) is 13.2 Å². The number of piperidine rings is 1. The van der Waals surface area contributed by atoms with Crippen LogP contribution in [0.3, 0.4) is 0 Å². The molecule has 1 heterocycles. The van der Waals surface area contributed by atoms with E-state index in [1.807, 2.05) is 39.9 Å². The molecule has 1 aromatic rings. The van der Waals surface area contributed by atoms with Crippen molar-refractivity contribution >= 4 is 14.2 Å².